The molecule has 1 aromatic rings. The molecular formula is C34H64O7SSi2. The van der Waals surface area contributed by atoms with Gasteiger partial charge < -0.3 is 23.1 Å². The molecule has 0 aromatic heterocycles. The topological polar surface area (TPSA) is 80.3 Å². The summed E-state index contributed by atoms with van der Waals surface area (Å²) < 4.78 is 58.7. The lowest BCUT2D eigenvalue weighted by Gasteiger charge is -2.43. The molecule has 1 aliphatic rings. The Morgan fingerprint density at radius 3 is 2.07 bits per heavy atom. The highest BCUT2D eigenvalue weighted by Gasteiger charge is 2.45. The molecule has 10 heteroatoms. The average molecular weight is 673 g/mol. The summed E-state index contributed by atoms with van der Waals surface area (Å²) in [6.07, 6.45) is 2.32. The lowest BCUT2D eigenvalue weighted by Crippen LogP contribution is -2.51. The number of rotatable bonds is 17. The molecule has 1 saturated heterocycles. The Bertz CT molecular complexity index is 1100. The maximum Gasteiger partial charge on any atom is 0.192 e. The van der Waals surface area contributed by atoms with Crippen molar-refractivity contribution >= 4 is 26.5 Å². The van der Waals surface area contributed by atoms with Gasteiger partial charge in [-0.3, -0.25) is 0 Å². The van der Waals surface area contributed by atoms with E-state index in [-0.39, 0.29) is 52.5 Å². The number of benzene rings is 1. The molecule has 256 valence electrons. The molecule has 1 fully saturated rings. The number of sulfone groups is 1. The number of hydrogen-bond acceptors (Lipinski definition) is 7. The molecular weight excluding hydrogens is 609 g/mol. The van der Waals surface area contributed by atoms with Gasteiger partial charge in [-0.2, -0.15) is 0 Å². The monoisotopic (exact) mass is 672 g/mol. The molecule has 0 bridgehead atoms. The van der Waals surface area contributed by atoms with Crippen molar-refractivity contribution in [3.8, 4) is 0 Å². The van der Waals surface area contributed by atoms with Crippen LogP contribution in [0.25, 0.3) is 0 Å². The molecule has 2 rings (SSSR count). The van der Waals surface area contributed by atoms with Crippen LogP contribution in [0, 0.1) is 5.92 Å². The van der Waals surface area contributed by atoms with E-state index >= 15 is 0 Å². The minimum absolute atomic E-state index is 0.00450. The highest BCUT2D eigenvalue weighted by Crippen LogP contribution is 2.41. The molecule has 1 unspecified atom stereocenters. The van der Waals surface area contributed by atoms with E-state index < -0.39 is 26.5 Å². The van der Waals surface area contributed by atoms with Crippen molar-refractivity contribution < 1.29 is 31.5 Å². The second kappa shape index (κ2) is 16.0. The van der Waals surface area contributed by atoms with E-state index in [1.54, 1.807) is 24.3 Å². The molecule has 0 spiro atoms. The van der Waals surface area contributed by atoms with Crippen LogP contribution in [-0.2, 0) is 32.9 Å². The van der Waals surface area contributed by atoms with Crippen molar-refractivity contribution in [3.05, 3.63) is 30.3 Å². The first kappa shape index (κ1) is 39.6. The van der Waals surface area contributed by atoms with Crippen LogP contribution in [0.4, 0.5) is 0 Å². The Kier molecular flexibility index (Phi) is 14.4. The van der Waals surface area contributed by atoms with Crippen LogP contribution in [0.3, 0.4) is 0 Å². The van der Waals surface area contributed by atoms with Gasteiger partial charge in [0, 0.05) is 6.61 Å². The molecule has 0 saturated carbocycles. The molecule has 1 aliphatic heterocycles. The predicted molar refractivity (Wildman–Crippen MR) is 186 cm³/mol. The standard InChI is InChI=1S/C34H64O7SSi2/c1-14-37-27(3)39-29(22-26(2)25-42(35,36)30-18-16-15-17-19-30)23-28-20-21-31(40-28)32(41-44(12,13)34(7,8)9)24-38-43(10,11)33(4,5)6/h15-19,26-29,31-32H,14,20-25H2,1-13H3/t26-,27?,28+,29-,31+,32+/m0/s1. The lowest BCUT2D eigenvalue weighted by molar-refractivity contribution is -0.169. The van der Waals surface area contributed by atoms with Gasteiger partial charge in [-0.15, -0.1) is 0 Å². The average Bonchev–Trinajstić information content (AvgIpc) is 3.33. The maximum absolute atomic E-state index is 13.1. The van der Waals surface area contributed by atoms with Crippen molar-refractivity contribution in [3.63, 3.8) is 0 Å². The smallest absolute Gasteiger partial charge is 0.192 e. The zero-order chi connectivity index (χ0) is 33.6. The first-order valence-corrected chi connectivity index (χ1v) is 24.1. The Labute approximate surface area is 272 Å². The highest BCUT2D eigenvalue weighted by atomic mass is 32.2. The van der Waals surface area contributed by atoms with Gasteiger partial charge in [0.15, 0.2) is 32.8 Å². The molecule has 6 atom stereocenters. The molecule has 0 aliphatic carbocycles. The summed E-state index contributed by atoms with van der Waals surface area (Å²) in [6.45, 7) is 29.7. The summed E-state index contributed by atoms with van der Waals surface area (Å²) in [5.41, 5.74) is 0. The molecule has 44 heavy (non-hydrogen) atoms. The maximum atomic E-state index is 13.1. The van der Waals surface area contributed by atoms with Crippen molar-refractivity contribution in [2.75, 3.05) is 19.0 Å². The number of ether oxygens (including phenoxy) is 3. The Morgan fingerprint density at radius 1 is 0.932 bits per heavy atom. The van der Waals surface area contributed by atoms with Gasteiger partial charge >= 0.3 is 0 Å². The molecule has 0 amide bonds. The third kappa shape index (κ3) is 11.9. The summed E-state index contributed by atoms with van der Waals surface area (Å²) in [7, 11) is -7.44. The van der Waals surface area contributed by atoms with Gasteiger partial charge in [0.2, 0.25) is 0 Å². The van der Waals surface area contributed by atoms with Crippen molar-refractivity contribution in [2.24, 2.45) is 5.92 Å². The van der Waals surface area contributed by atoms with Crippen molar-refractivity contribution in [2.45, 2.75) is 160 Å². The third-order valence-corrected chi connectivity index (χ3v) is 20.8. The lowest BCUT2D eigenvalue weighted by atomic mass is 9.99. The van der Waals surface area contributed by atoms with Crippen LogP contribution >= 0.6 is 0 Å². The van der Waals surface area contributed by atoms with Crippen LogP contribution in [0.5, 0.6) is 0 Å². The van der Waals surface area contributed by atoms with Gasteiger partial charge in [0.1, 0.15) is 0 Å². The quantitative estimate of drug-likeness (QED) is 0.121. The molecule has 0 radical (unpaired) electrons. The molecule has 1 aromatic carbocycles. The van der Waals surface area contributed by atoms with Crippen molar-refractivity contribution in [1.82, 2.24) is 0 Å². The first-order chi connectivity index (χ1) is 20.1. The first-order valence-electron chi connectivity index (χ1n) is 16.6. The van der Waals surface area contributed by atoms with Gasteiger partial charge in [-0.05, 0) is 93.8 Å². The second-order valence-corrected chi connectivity index (χ2v) is 27.4. The second-order valence-electron chi connectivity index (χ2n) is 15.8. The van der Waals surface area contributed by atoms with Crippen molar-refractivity contribution in [1.29, 1.82) is 0 Å². The Hall–Kier alpha value is -0.596. The number of hydrogen-bond donors (Lipinski definition) is 0. The largest absolute Gasteiger partial charge is 0.414 e. The minimum atomic E-state index is -3.39. The summed E-state index contributed by atoms with van der Waals surface area (Å²) in [5.74, 6) is -0.0229. The van der Waals surface area contributed by atoms with E-state index in [1.807, 2.05) is 26.8 Å². The van der Waals surface area contributed by atoms with E-state index in [0.29, 0.717) is 31.0 Å². The van der Waals surface area contributed by atoms with Gasteiger partial charge in [0.25, 0.3) is 0 Å². The Morgan fingerprint density at radius 2 is 1.52 bits per heavy atom. The molecule has 1 heterocycles. The van der Waals surface area contributed by atoms with Crippen LogP contribution in [0.2, 0.25) is 36.3 Å². The minimum Gasteiger partial charge on any atom is -0.414 e. The van der Waals surface area contributed by atoms with Crippen LogP contribution < -0.4 is 0 Å². The van der Waals surface area contributed by atoms with Crippen LogP contribution in [0.1, 0.15) is 88.0 Å². The fourth-order valence-electron chi connectivity index (χ4n) is 5.12. The fraction of sp³-hybridized carbons (Fsp3) is 0.824. The van der Waals surface area contributed by atoms with Gasteiger partial charge in [-0.1, -0.05) is 66.7 Å². The van der Waals surface area contributed by atoms with E-state index in [4.69, 9.17) is 23.1 Å². The van der Waals surface area contributed by atoms with Crippen LogP contribution in [0.15, 0.2) is 35.2 Å². The van der Waals surface area contributed by atoms with E-state index in [1.165, 1.54) is 0 Å². The van der Waals surface area contributed by atoms with E-state index in [0.717, 1.165) is 12.8 Å². The normalized spacial score (nSPS) is 21.7. The van der Waals surface area contributed by atoms with E-state index in [2.05, 4.69) is 67.7 Å². The highest BCUT2D eigenvalue weighted by molar-refractivity contribution is 7.91. The zero-order valence-corrected chi connectivity index (χ0v) is 32.9. The van der Waals surface area contributed by atoms with E-state index in [9.17, 15) is 8.42 Å². The predicted octanol–water partition coefficient (Wildman–Crippen LogP) is 8.60. The fourth-order valence-corrected chi connectivity index (χ4v) is 9.11. The van der Waals surface area contributed by atoms with Gasteiger partial charge in [0.05, 0.1) is 41.7 Å². The zero-order valence-electron chi connectivity index (χ0n) is 30.1. The van der Waals surface area contributed by atoms with Crippen LogP contribution in [-0.4, -0.2) is 74.7 Å². The SMILES string of the molecule is CCOC(C)O[C@@H](C[C@H](C)CS(=O)(=O)c1ccccc1)C[C@H]1CC[C@H]([C@@H](CO[Si](C)(C)C(C)(C)C)O[Si](C)(C)C(C)(C)C)O1. The summed E-state index contributed by atoms with van der Waals surface area (Å²) in [4.78, 5) is 0.363. The summed E-state index contributed by atoms with van der Waals surface area (Å²) in [5, 5.41) is 0.185. The Balaban J connectivity index is 2.17. The third-order valence-electron chi connectivity index (χ3n) is 9.80. The summed E-state index contributed by atoms with van der Waals surface area (Å²) in [6, 6.07) is 8.69. The summed E-state index contributed by atoms with van der Waals surface area (Å²) >= 11 is 0. The van der Waals surface area contributed by atoms with Gasteiger partial charge in [-0.25, -0.2) is 8.42 Å². The molecule has 7 nitrogen and oxygen atoms in total. The molecule has 0 N–H and O–H groups in total.